The number of amides is 1. The van der Waals surface area contributed by atoms with E-state index >= 15 is 0 Å². The number of hydrogen-bond acceptors (Lipinski definition) is 5. The Kier molecular flexibility index (Phi) is 5.52. The molecule has 0 aliphatic carbocycles. The van der Waals surface area contributed by atoms with E-state index in [1.54, 1.807) is 36.3 Å². The van der Waals surface area contributed by atoms with Gasteiger partial charge in [-0.25, -0.2) is 4.98 Å². The summed E-state index contributed by atoms with van der Waals surface area (Å²) in [5, 5.41) is 10.2. The number of nitrogens with one attached hydrogen (secondary N) is 2. The molecule has 0 bridgehead atoms. The number of benzene rings is 1. The minimum absolute atomic E-state index is 0.175. The molecule has 7 heteroatoms. The fraction of sp³-hybridized carbons (Fsp3) is 0.130. The normalized spacial score (nSPS) is 11.7. The van der Waals surface area contributed by atoms with Gasteiger partial charge in [0.05, 0.1) is 23.3 Å². The lowest BCUT2D eigenvalue weighted by atomic mass is 10.1. The molecule has 1 amide bonds. The largest absolute Gasteiger partial charge is 0.373 e. The summed E-state index contributed by atoms with van der Waals surface area (Å²) < 4.78 is 1.77. The van der Waals surface area contributed by atoms with Crippen molar-refractivity contribution in [1.29, 1.82) is 0 Å². The molecule has 0 saturated carbocycles. The van der Waals surface area contributed by atoms with Crippen LogP contribution in [0.2, 0.25) is 0 Å². The van der Waals surface area contributed by atoms with Crippen molar-refractivity contribution in [3.63, 3.8) is 0 Å². The molecule has 150 valence electrons. The molecule has 4 rings (SSSR count). The Morgan fingerprint density at radius 3 is 2.40 bits per heavy atom. The molecule has 0 unspecified atom stereocenters. The predicted octanol–water partition coefficient (Wildman–Crippen LogP) is 3.98. The lowest BCUT2D eigenvalue weighted by Gasteiger charge is -2.15. The summed E-state index contributed by atoms with van der Waals surface area (Å²) in [4.78, 5) is 21.3. The molecule has 1 aromatic carbocycles. The zero-order valence-electron chi connectivity index (χ0n) is 16.8. The number of rotatable bonds is 6. The van der Waals surface area contributed by atoms with Crippen LogP contribution in [-0.4, -0.2) is 31.7 Å². The highest BCUT2D eigenvalue weighted by molar-refractivity contribution is 5.95. The molecule has 0 saturated heterocycles. The van der Waals surface area contributed by atoms with E-state index in [9.17, 15) is 4.79 Å². The second kappa shape index (κ2) is 8.57. The first kappa shape index (κ1) is 19.3. The van der Waals surface area contributed by atoms with E-state index in [-0.39, 0.29) is 5.91 Å². The standard InChI is InChI=1S/C23H22N6O/c1-16(27-19-9-10-20(24-15-19)21-12-13-26-29(21)2)23(30)28-22-11-8-18(14-25-22)17-6-4-3-5-7-17/h3-16,27H,1-2H3,(H,25,28,30)/t16-/m0/s1. The van der Waals surface area contributed by atoms with E-state index in [0.717, 1.165) is 28.2 Å². The number of aromatic nitrogens is 4. The first-order valence-corrected chi connectivity index (χ1v) is 9.63. The zero-order chi connectivity index (χ0) is 20.9. The van der Waals surface area contributed by atoms with Crippen molar-refractivity contribution < 1.29 is 4.79 Å². The third-order valence-corrected chi connectivity index (χ3v) is 4.75. The molecule has 3 aromatic heterocycles. The van der Waals surface area contributed by atoms with Crippen LogP contribution in [-0.2, 0) is 11.8 Å². The van der Waals surface area contributed by atoms with Crippen LogP contribution in [0.15, 0.2) is 79.3 Å². The minimum Gasteiger partial charge on any atom is -0.373 e. The van der Waals surface area contributed by atoms with Crippen molar-refractivity contribution in [3.8, 4) is 22.5 Å². The van der Waals surface area contributed by atoms with Gasteiger partial charge in [-0.15, -0.1) is 0 Å². The monoisotopic (exact) mass is 398 g/mol. The lowest BCUT2D eigenvalue weighted by Crippen LogP contribution is -2.32. The quantitative estimate of drug-likeness (QED) is 0.513. The van der Waals surface area contributed by atoms with Crippen molar-refractivity contribution in [1.82, 2.24) is 19.7 Å². The molecule has 0 aliphatic heterocycles. The van der Waals surface area contributed by atoms with Gasteiger partial charge in [-0.05, 0) is 42.8 Å². The SMILES string of the molecule is C[C@H](Nc1ccc(-c2ccnn2C)nc1)C(=O)Nc1ccc(-c2ccccc2)cn1. The molecule has 0 radical (unpaired) electrons. The second-order valence-corrected chi connectivity index (χ2v) is 6.93. The summed E-state index contributed by atoms with van der Waals surface area (Å²) >= 11 is 0. The lowest BCUT2D eigenvalue weighted by molar-refractivity contribution is -0.116. The van der Waals surface area contributed by atoms with Crippen LogP contribution in [0.5, 0.6) is 0 Å². The van der Waals surface area contributed by atoms with Gasteiger partial charge in [-0.1, -0.05) is 30.3 Å². The van der Waals surface area contributed by atoms with E-state index in [2.05, 4.69) is 25.7 Å². The molecule has 30 heavy (non-hydrogen) atoms. The molecule has 1 atom stereocenters. The van der Waals surface area contributed by atoms with E-state index in [4.69, 9.17) is 0 Å². The van der Waals surface area contributed by atoms with Gasteiger partial charge >= 0.3 is 0 Å². The van der Waals surface area contributed by atoms with Gasteiger partial charge in [0.1, 0.15) is 11.9 Å². The minimum atomic E-state index is -0.454. The maximum Gasteiger partial charge on any atom is 0.247 e. The Morgan fingerprint density at radius 2 is 1.77 bits per heavy atom. The first-order chi connectivity index (χ1) is 14.6. The molecule has 0 aliphatic rings. The number of pyridine rings is 2. The fourth-order valence-electron chi connectivity index (χ4n) is 3.08. The topological polar surface area (TPSA) is 84.7 Å². The maximum absolute atomic E-state index is 12.5. The first-order valence-electron chi connectivity index (χ1n) is 9.63. The van der Waals surface area contributed by atoms with Crippen LogP contribution in [0.3, 0.4) is 0 Å². The molecule has 3 heterocycles. The van der Waals surface area contributed by atoms with Gasteiger partial charge in [0.15, 0.2) is 0 Å². The van der Waals surface area contributed by atoms with Gasteiger partial charge in [0.2, 0.25) is 5.91 Å². The van der Waals surface area contributed by atoms with Gasteiger partial charge in [-0.3, -0.25) is 14.5 Å². The van der Waals surface area contributed by atoms with Crippen molar-refractivity contribution in [2.24, 2.45) is 7.05 Å². The average Bonchev–Trinajstić information content (AvgIpc) is 3.21. The highest BCUT2D eigenvalue weighted by Gasteiger charge is 2.14. The van der Waals surface area contributed by atoms with Gasteiger partial charge < -0.3 is 10.6 Å². The summed E-state index contributed by atoms with van der Waals surface area (Å²) in [5.74, 6) is 0.337. The van der Waals surface area contributed by atoms with Crippen LogP contribution in [0, 0.1) is 0 Å². The Bertz CT molecular complexity index is 1120. The number of nitrogens with zero attached hydrogens (tertiary/aromatic N) is 4. The predicted molar refractivity (Wildman–Crippen MR) is 118 cm³/mol. The van der Waals surface area contributed by atoms with Crippen LogP contribution in [0.4, 0.5) is 11.5 Å². The molecule has 0 spiro atoms. The Balaban J connectivity index is 1.36. The fourth-order valence-corrected chi connectivity index (χ4v) is 3.08. The second-order valence-electron chi connectivity index (χ2n) is 6.93. The van der Waals surface area contributed by atoms with Gasteiger partial charge in [0, 0.05) is 25.0 Å². The molecule has 2 N–H and O–H groups in total. The van der Waals surface area contributed by atoms with Crippen molar-refractivity contribution in [3.05, 3.63) is 79.3 Å². The van der Waals surface area contributed by atoms with Crippen LogP contribution in [0.1, 0.15) is 6.92 Å². The number of anilines is 2. The number of carbonyl (C=O) groups is 1. The summed E-state index contributed by atoms with van der Waals surface area (Å²) in [7, 11) is 1.87. The van der Waals surface area contributed by atoms with Crippen LogP contribution < -0.4 is 10.6 Å². The summed E-state index contributed by atoms with van der Waals surface area (Å²) in [6, 6.07) is 19.0. The van der Waals surface area contributed by atoms with Crippen molar-refractivity contribution >= 4 is 17.4 Å². The van der Waals surface area contributed by atoms with Crippen LogP contribution in [0.25, 0.3) is 22.5 Å². The Labute approximate surface area is 174 Å². The Morgan fingerprint density at radius 1 is 0.933 bits per heavy atom. The Hall–Kier alpha value is -4.00. The van der Waals surface area contributed by atoms with E-state index in [0.29, 0.717) is 5.82 Å². The van der Waals surface area contributed by atoms with E-state index < -0.39 is 6.04 Å². The molecular formula is C23H22N6O. The number of aryl methyl sites for hydroxylation is 1. The van der Waals surface area contributed by atoms with E-state index in [1.807, 2.05) is 61.6 Å². The molecule has 7 nitrogen and oxygen atoms in total. The van der Waals surface area contributed by atoms with Crippen molar-refractivity contribution in [2.75, 3.05) is 10.6 Å². The maximum atomic E-state index is 12.5. The molecule has 0 fully saturated rings. The van der Waals surface area contributed by atoms with Crippen LogP contribution >= 0.6 is 0 Å². The smallest absolute Gasteiger partial charge is 0.247 e. The van der Waals surface area contributed by atoms with E-state index in [1.165, 1.54) is 0 Å². The highest BCUT2D eigenvalue weighted by Crippen LogP contribution is 2.20. The van der Waals surface area contributed by atoms with Gasteiger partial charge in [-0.2, -0.15) is 5.10 Å². The van der Waals surface area contributed by atoms with Crippen molar-refractivity contribution in [2.45, 2.75) is 13.0 Å². The summed E-state index contributed by atoms with van der Waals surface area (Å²) in [6.45, 7) is 1.79. The summed E-state index contributed by atoms with van der Waals surface area (Å²) in [5.41, 5.74) is 4.59. The third-order valence-electron chi connectivity index (χ3n) is 4.75. The summed E-state index contributed by atoms with van der Waals surface area (Å²) in [6.07, 6.45) is 5.19. The average molecular weight is 398 g/mol. The number of carbonyl (C=O) groups excluding carboxylic acids is 1. The van der Waals surface area contributed by atoms with Gasteiger partial charge in [0.25, 0.3) is 0 Å². The molecular weight excluding hydrogens is 376 g/mol. The highest BCUT2D eigenvalue weighted by atomic mass is 16.2. The third kappa shape index (κ3) is 4.35. The number of hydrogen-bond donors (Lipinski definition) is 2. The molecule has 4 aromatic rings. The zero-order valence-corrected chi connectivity index (χ0v) is 16.8.